The van der Waals surface area contributed by atoms with E-state index in [1.54, 1.807) is 18.2 Å². The summed E-state index contributed by atoms with van der Waals surface area (Å²) >= 11 is 6.35. The van der Waals surface area contributed by atoms with Crippen molar-refractivity contribution in [3.63, 3.8) is 0 Å². The normalized spacial score (nSPS) is 42.2. The summed E-state index contributed by atoms with van der Waals surface area (Å²) in [5.41, 5.74) is 1.54. The topological polar surface area (TPSA) is 109 Å². The first-order valence-corrected chi connectivity index (χ1v) is 11.6. The Morgan fingerprint density at radius 2 is 1.75 bits per heavy atom. The lowest BCUT2D eigenvalue weighted by atomic mass is 9.54. The zero-order valence-electron chi connectivity index (χ0n) is 20.6. The molecule has 1 heterocycles. The van der Waals surface area contributed by atoms with Crippen LogP contribution in [0.1, 0.15) is 41.8 Å². The molecule has 0 spiro atoms. The largest absolute Gasteiger partial charge is 0.496 e. The van der Waals surface area contributed by atoms with Gasteiger partial charge in [0.2, 0.25) is 6.29 Å². The van der Waals surface area contributed by atoms with Crippen molar-refractivity contribution in [2.75, 3.05) is 13.6 Å². The van der Waals surface area contributed by atoms with Crippen LogP contribution in [0.4, 0.5) is 0 Å². The minimum atomic E-state index is -2.64. The van der Waals surface area contributed by atoms with Crippen LogP contribution in [0, 0.1) is 23.7 Å². The zero-order chi connectivity index (χ0) is 25.1. The average molecular weight is 470 g/mol. The number of benzene rings is 1. The molecule has 5 atom stereocenters. The Labute approximate surface area is 196 Å². The van der Waals surface area contributed by atoms with Crippen LogP contribution in [0.5, 0.6) is 5.75 Å². The van der Waals surface area contributed by atoms with Gasteiger partial charge in [-0.25, -0.2) is 0 Å². The SMILES string of the molecule is [2H]C([2H])([2H])OC(=C1C2CC3CC(C2)CC1C3)c1ccc(Cl)c(O[C@@H]2OC(CO)[C@@H](O)[C@H](O)C2O)c1. The molecule has 0 aromatic heterocycles. The molecule has 1 aromatic carbocycles. The monoisotopic (exact) mass is 469 g/mol. The number of hydrogen-bond acceptors (Lipinski definition) is 7. The van der Waals surface area contributed by atoms with Gasteiger partial charge >= 0.3 is 0 Å². The highest BCUT2D eigenvalue weighted by atomic mass is 35.5. The summed E-state index contributed by atoms with van der Waals surface area (Å²) < 4.78 is 40.2. The molecule has 4 saturated carbocycles. The smallest absolute Gasteiger partial charge is 0.229 e. The van der Waals surface area contributed by atoms with Gasteiger partial charge in [0.05, 0.1) is 22.8 Å². The second-order valence-corrected chi connectivity index (χ2v) is 10.1. The van der Waals surface area contributed by atoms with Gasteiger partial charge in [0.1, 0.15) is 35.9 Å². The maximum atomic E-state index is 10.4. The van der Waals surface area contributed by atoms with Gasteiger partial charge in [-0.2, -0.15) is 0 Å². The number of aliphatic hydroxyl groups excluding tert-OH is 4. The van der Waals surface area contributed by atoms with Crippen molar-refractivity contribution < 1.29 is 38.7 Å². The standard InChI is InChI=1S/C24H31ClO7/c1-30-23(19-14-5-11-4-12(7-14)8-15(19)6-11)13-2-3-16(25)17(9-13)31-24-22(29)21(28)20(27)18(10-26)32-24/h2-3,9,11-12,14-15,18,20-22,24,26-29H,4-8,10H2,1H3/t11?,12?,14?,15?,18?,20-,21+,22?,24-/m1/s1/i1D3. The molecule has 176 valence electrons. The van der Waals surface area contributed by atoms with Gasteiger partial charge in [-0.05, 0) is 79.5 Å². The van der Waals surface area contributed by atoms with E-state index >= 15 is 0 Å². The summed E-state index contributed by atoms with van der Waals surface area (Å²) in [5, 5.41) is 40.1. The number of rotatable bonds is 5. The fraction of sp³-hybridized carbons (Fsp3) is 0.667. The number of aliphatic hydroxyl groups is 4. The maximum absolute atomic E-state index is 10.4. The molecule has 5 fully saturated rings. The van der Waals surface area contributed by atoms with E-state index in [0.717, 1.165) is 31.3 Å². The fourth-order valence-electron chi connectivity index (χ4n) is 6.37. The Hall–Kier alpha value is -1.35. The molecule has 2 unspecified atom stereocenters. The van der Waals surface area contributed by atoms with Crippen molar-refractivity contribution in [1.29, 1.82) is 0 Å². The minimum Gasteiger partial charge on any atom is -0.496 e. The molecule has 5 aliphatic rings. The van der Waals surface area contributed by atoms with Crippen molar-refractivity contribution in [2.45, 2.75) is 62.8 Å². The predicted molar refractivity (Wildman–Crippen MR) is 117 cm³/mol. The van der Waals surface area contributed by atoms with Gasteiger partial charge in [0.25, 0.3) is 0 Å². The summed E-state index contributed by atoms with van der Waals surface area (Å²) in [4.78, 5) is 0. The van der Waals surface area contributed by atoms with Crippen molar-refractivity contribution >= 4 is 17.4 Å². The van der Waals surface area contributed by atoms with E-state index in [-0.39, 0.29) is 22.6 Å². The molecule has 0 amide bonds. The van der Waals surface area contributed by atoms with Gasteiger partial charge in [-0.1, -0.05) is 11.6 Å². The molecule has 4 N–H and O–H groups in total. The molecular weight excluding hydrogens is 436 g/mol. The van der Waals surface area contributed by atoms with Crippen LogP contribution >= 0.6 is 11.6 Å². The number of halogens is 1. The Kier molecular flexibility index (Phi) is 5.22. The Morgan fingerprint density at radius 1 is 1.06 bits per heavy atom. The second-order valence-electron chi connectivity index (χ2n) is 9.65. The third-order valence-electron chi connectivity index (χ3n) is 7.67. The average Bonchev–Trinajstić information content (AvgIpc) is 2.78. The van der Waals surface area contributed by atoms with Crippen molar-refractivity contribution in [3.8, 4) is 5.75 Å². The first kappa shape index (κ1) is 19.0. The van der Waals surface area contributed by atoms with E-state index in [1.807, 2.05) is 0 Å². The number of allylic oxidation sites excluding steroid dienone is 1. The molecule has 1 aliphatic heterocycles. The highest BCUT2D eigenvalue weighted by Gasteiger charge is 2.47. The van der Waals surface area contributed by atoms with Crippen LogP contribution in [0.3, 0.4) is 0 Å². The van der Waals surface area contributed by atoms with E-state index in [9.17, 15) is 20.4 Å². The third kappa shape index (κ3) is 3.83. The quantitative estimate of drug-likeness (QED) is 0.490. The van der Waals surface area contributed by atoms with E-state index < -0.39 is 44.4 Å². The third-order valence-corrected chi connectivity index (χ3v) is 7.98. The molecule has 0 radical (unpaired) electrons. The van der Waals surface area contributed by atoms with Gasteiger partial charge in [0, 0.05) is 5.56 Å². The molecular formula is C24H31ClO7. The molecule has 1 aromatic rings. The van der Waals surface area contributed by atoms with Crippen molar-refractivity contribution in [1.82, 2.24) is 0 Å². The number of ether oxygens (including phenoxy) is 3. The van der Waals surface area contributed by atoms with Gasteiger partial charge in [-0.15, -0.1) is 0 Å². The van der Waals surface area contributed by atoms with Crippen LogP contribution in [0.2, 0.25) is 5.02 Å². The fourth-order valence-corrected chi connectivity index (χ4v) is 6.53. The summed E-state index contributed by atoms with van der Waals surface area (Å²) in [6.07, 6.45) is -1.85. The highest BCUT2D eigenvalue weighted by molar-refractivity contribution is 6.32. The highest BCUT2D eigenvalue weighted by Crippen LogP contribution is 2.58. The molecule has 8 heteroatoms. The van der Waals surface area contributed by atoms with Crippen LogP contribution in [-0.4, -0.2) is 64.8 Å². The van der Waals surface area contributed by atoms with Crippen LogP contribution in [0.25, 0.3) is 5.76 Å². The van der Waals surface area contributed by atoms with Crippen LogP contribution in [0.15, 0.2) is 23.8 Å². The van der Waals surface area contributed by atoms with Crippen LogP contribution < -0.4 is 4.74 Å². The van der Waals surface area contributed by atoms with Crippen molar-refractivity contribution in [2.24, 2.45) is 23.7 Å². The lowest BCUT2D eigenvalue weighted by Gasteiger charge is -2.51. The van der Waals surface area contributed by atoms with E-state index in [2.05, 4.69) is 0 Å². The lowest BCUT2D eigenvalue weighted by Crippen LogP contribution is -2.60. The van der Waals surface area contributed by atoms with Crippen molar-refractivity contribution in [3.05, 3.63) is 34.4 Å². The number of methoxy groups -OCH3 is 1. The zero-order valence-corrected chi connectivity index (χ0v) is 18.3. The predicted octanol–water partition coefficient (Wildman–Crippen LogP) is 2.33. The van der Waals surface area contributed by atoms with E-state index in [0.29, 0.717) is 23.2 Å². The van der Waals surface area contributed by atoms with E-state index in [1.165, 1.54) is 6.42 Å². The van der Waals surface area contributed by atoms with Gasteiger partial charge in [-0.3, -0.25) is 0 Å². The summed E-state index contributed by atoms with van der Waals surface area (Å²) in [6.45, 7) is -0.591. The second kappa shape index (κ2) is 8.78. The molecule has 4 bridgehead atoms. The van der Waals surface area contributed by atoms with Gasteiger partial charge in [0.15, 0.2) is 0 Å². The summed E-state index contributed by atoms with van der Waals surface area (Å²) in [6, 6.07) is 4.78. The Morgan fingerprint density at radius 3 is 2.38 bits per heavy atom. The molecule has 6 rings (SSSR count). The van der Waals surface area contributed by atoms with Gasteiger partial charge < -0.3 is 34.6 Å². The molecule has 32 heavy (non-hydrogen) atoms. The molecule has 7 nitrogen and oxygen atoms in total. The first-order valence-electron chi connectivity index (χ1n) is 12.7. The van der Waals surface area contributed by atoms with Crippen LogP contribution in [-0.2, 0) is 9.47 Å². The van der Waals surface area contributed by atoms with E-state index in [4.69, 9.17) is 29.9 Å². The number of hydrogen-bond donors (Lipinski definition) is 4. The summed E-state index contributed by atoms with van der Waals surface area (Å²) in [5.74, 6) is 2.36. The molecule has 4 aliphatic carbocycles. The minimum absolute atomic E-state index is 0.0876. The first-order chi connectivity index (χ1) is 16.5. The molecule has 1 saturated heterocycles. The maximum Gasteiger partial charge on any atom is 0.229 e. The Bertz CT molecular complexity index is 952. The Balaban J connectivity index is 1.49. The lowest BCUT2D eigenvalue weighted by molar-refractivity contribution is -0.277. The summed E-state index contributed by atoms with van der Waals surface area (Å²) in [7, 11) is -2.64.